The Morgan fingerprint density at radius 1 is 1.07 bits per heavy atom. The third-order valence-corrected chi connectivity index (χ3v) is 5.21. The van der Waals surface area contributed by atoms with Crippen LogP contribution in [0.25, 0.3) is 0 Å². The fourth-order valence-corrected chi connectivity index (χ4v) is 3.32. The maximum atomic E-state index is 12.1. The lowest BCUT2D eigenvalue weighted by molar-refractivity contribution is -0.116. The molecule has 7 heteroatoms. The number of carbonyl (C=O) groups excluding carboxylic acids is 2. The average Bonchev–Trinajstić information content (AvgIpc) is 3.06. The summed E-state index contributed by atoms with van der Waals surface area (Å²) in [6, 6.07) is 14.2. The molecule has 1 N–H and O–H groups in total. The molecule has 1 heterocycles. The third-order valence-electron chi connectivity index (χ3n) is 3.87. The van der Waals surface area contributed by atoms with E-state index in [1.165, 1.54) is 0 Å². The largest absolute Gasteiger partial charge is 0.329 e. The minimum Gasteiger partial charge on any atom is -0.329 e. The van der Waals surface area contributed by atoms with Crippen molar-refractivity contribution in [1.82, 2.24) is 9.55 Å². The summed E-state index contributed by atoms with van der Waals surface area (Å²) in [5, 5.41) is 4.29. The van der Waals surface area contributed by atoms with Gasteiger partial charge in [0.2, 0.25) is 5.91 Å². The zero-order valence-electron chi connectivity index (χ0n) is 14.7. The van der Waals surface area contributed by atoms with Gasteiger partial charge in [0.05, 0.1) is 0 Å². The van der Waals surface area contributed by atoms with Crippen LogP contribution in [0.2, 0.25) is 5.02 Å². The number of benzene rings is 2. The second kappa shape index (κ2) is 8.88. The van der Waals surface area contributed by atoms with Crippen LogP contribution in [0.15, 0.2) is 71.0 Å². The van der Waals surface area contributed by atoms with Gasteiger partial charge in [0.1, 0.15) is 0 Å². The Hall–Kier alpha value is -2.57. The van der Waals surface area contributed by atoms with Gasteiger partial charge in [-0.1, -0.05) is 23.4 Å². The molecule has 0 aliphatic rings. The van der Waals surface area contributed by atoms with E-state index in [4.69, 9.17) is 11.6 Å². The van der Waals surface area contributed by atoms with Crippen molar-refractivity contribution < 1.29 is 9.59 Å². The molecule has 1 aromatic heterocycles. The van der Waals surface area contributed by atoms with E-state index in [0.29, 0.717) is 16.3 Å². The van der Waals surface area contributed by atoms with Crippen LogP contribution in [0, 0.1) is 0 Å². The van der Waals surface area contributed by atoms with Crippen molar-refractivity contribution in [3.63, 3.8) is 0 Å². The molecule has 138 valence electrons. The smallest absolute Gasteiger partial charge is 0.224 e. The number of halogens is 1. The molecule has 2 aromatic carbocycles. The molecule has 0 saturated carbocycles. The highest BCUT2D eigenvalue weighted by Gasteiger charge is 2.10. The average molecular weight is 400 g/mol. The number of ketones is 1. The zero-order valence-corrected chi connectivity index (χ0v) is 16.3. The molecular weight excluding hydrogens is 382 g/mol. The normalized spacial score (nSPS) is 10.6. The van der Waals surface area contributed by atoms with E-state index in [0.717, 1.165) is 10.1 Å². The number of rotatable bonds is 7. The first-order valence-corrected chi connectivity index (χ1v) is 9.54. The Kier molecular flexibility index (Phi) is 6.32. The topological polar surface area (TPSA) is 64.0 Å². The number of imidazole rings is 1. The summed E-state index contributed by atoms with van der Waals surface area (Å²) in [5.74, 6) is -0.273. The lowest BCUT2D eigenvalue weighted by Gasteiger charge is -2.07. The number of Topliss-reactive ketones (excluding diaryl/α,β-unsaturated/α-hetero) is 1. The van der Waals surface area contributed by atoms with Gasteiger partial charge in [-0.05, 0) is 48.5 Å². The van der Waals surface area contributed by atoms with Gasteiger partial charge >= 0.3 is 0 Å². The van der Waals surface area contributed by atoms with Gasteiger partial charge in [-0.2, -0.15) is 0 Å². The van der Waals surface area contributed by atoms with Crippen LogP contribution in [0.1, 0.15) is 23.2 Å². The van der Waals surface area contributed by atoms with Gasteiger partial charge in [-0.15, -0.1) is 0 Å². The molecule has 0 aliphatic carbocycles. The van der Waals surface area contributed by atoms with E-state index >= 15 is 0 Å². The lowest BCUT2D eigenvalue weighted by atomic mass is 10.1. The first kappa shape index (κ1) is 19.2. The van der Waals surface area contributed by atoms with E-state index < -0.39 is 0 Å². The molecule has 3 aromatic rings. The fraction of sp³-hybridized carbons (Fsp3) is 0.150. The molecular formula is C20H18ClN3O2S. The third kappa shape index (κ3) is 5.45. The van der Waals surface area contributed by atoms with Crippen molar-refractivity contribution in [3.05, 3.63) is 71.5 Å². The highest BCUT2D eigenvalue weighted by molar-refractivity contribution is 7.99. The summed E-state index contributed by atoms with van der Waals surface area (Å²) >= 11 is 7.36. The summed E-state index contributed by atoms with van der Waals surface area (Å²) in [6.07, 6.45) is 3.93. The van der Waals surface area contributed by atoms with E-state index in [1.54, 1.807) is 42.2 Å². The molecule has 0 spiro atoms. The van der Waals surface area contributed by atoms with Crippen LogP contribution in [0.5, 0.6) is 0 Å². The van der Waals surface area contributed by atoms with Crippen LogP contribution < -0.4 is 5.32 Å². The second-order valence-electron chi connectivity index (χ2n) is 5.93. The van der Waals surface area contributed by atoms with Crippen molar-refractivity contribution >= 4 is 40.7 Å². The minimum atomic E-state index is -0.193. The monoisotopic (exact) mass is 399 g/mol. The predicted octanol–water partition coefficient (Wildman–Crippen LogP) is 4.83. The number of aryl methyl sites for hydroxylation is 1. The molecule has 3 rings (SSSR count). The second-order valence-corrected chi connectivity index (χ2v) is 7.40. The highest BCUT2D eigenvalue weighted by atomic mass is 35.5. The van der Waals surface area contributed by atoms with Gasteiger partial charge < -0.3 is 9.88 Å². The van der Waals surface area contributed by atoms with E-state index in [-0.39, 0.29) is 24.5 Å². The Balaban J connectivity index is 1.49. The molecule has 1 amide bonds. The van der Waals surface area contributed by atoms with E-state index in [2.05, 4.69) is 10.3 Å². The quantitative estimate of drug-likeness (QED) is 0.578. The molecule has 27 heavy (non-hydrogen) atoms. The maximum Gasteiger partial charge on any atom is 0.224 e. The fourth-order valence-electron chi connectivity index (χ4n) is 2.39. The van der Waals surface area contributed by atoms with Crippen molar-refractivity contribution in [2.45, 2.75) is 22.9 Å². The summed E-state index contributed by atoms with van der Waals surface area (Å²) in [7, 11) is 1.94. The number of nitrogens with one attached hydrogen (secondary N) is 1. The van der Waals surface area contributed by atoms with Gasteiger partial charge in [-0.3, -0.25) is 9.59 Å². The molecule has 0 saturated heterocycles. The Labute approximate surface area is 166 Å². The molecule has 0 fully saturated rings. The van der Waals surface area contributed by atoms with Crippen LogP contribution in [0.3, 0.4) is 0 Å². The number of hydrogen-bond acceptors (Lipinski definition) is 4. The number of aromatic nitrogens is 2. The molecule has 0 unspecified atom stereocenters. The van der Waals surface area contributed by atoms with Crippen LogP contribution >= 0.6 is 23.4 Å². The van der Waals surface area contributed by atoms with Crippen LogP contribution in [-0.2, 0) is 11.8 Å². The lowest BCUT2D eigenvalue weighted by Crippen LogP contribution is -2.13. The summed E-state index contributed by atoms with van der Waals surface area (Å²) in [4.78, 5) is 29.5. The summed E-state index contributed by atoms with van der Waals surface area (Å²) in [6.45, 7) is 0. The van der Waals surface area contributed by atoms with Gasteiger partial charge in [0.15, 0.2) is 10.9 Å². The number of amides is 1. The summed E-state index contributed by atoms with van der Waals surface area (Å²) in [5.41, 5.74) is 1.26. The molecule has 0 radical (unpaired) electrons. The highest BCUT2D eigenvalue weighted by Crippen LogP contribution is 2.26. The zero-order chi connectivity index (χ0) is 19.2. The molecule has 0 bridgehead atoms. The van der Waals surface area contributed by atoms with Gasteiger partial charge in [0, 0.05) is 53.5 Å². The first-order chi connectivity index (χ1) is 13.0. The number of carbonyl (C=O) groups is 2. The maximum absolute atomic E-state index is 12.1. The Morgan fingerprint density at radius 3 is 2.41 bits per heavy atom. The molecule has 0 atom stereocenters. The standard InChI is InChI=1S/C20H18ClN3O2S/c1-24-13-12-22-20(24)27-17-8-6-16(7-9-17)23-19(26)11-10-18(25)14-2-4-15(21)5-3-14/h2-9,12-13H,10-11H2,1H3,(H,23,26). The summed E-state index contributed by atoms with van der Waals surface area (Å²) < 4.78 is 1.94. The van der Waals surface area contributed by atoms with Crippen molar-refractivity contribution in [3.8, 4) is 0 Å². The molecule has 5 nitrogen and oxygen atoms in total. The number of hydrogen-bond donors (Lipinski definition) is 1. The Bertz CT molecular complexity index is 937. The van der Waals surface area contributed by atoms with Crippen molar-refractivity contribution in [2.24, 2.45) is 7.05 Å². The first-order valence-electron chi connectivity index (χ1n) is 8.35. The SMILES string of the molecule is Cn1ccnc1Sc1ccc(NC(=O)CCC(=O)c2ccc(Cl)cc2)cc1. The predicted molar refractivity (Wildman–Crippen MR) is 107 cm³/mol. The van der Waals surface area contributed by atoms with Crippen LogP contribution in [-0.4, -0.2) is 21.2 Å². The van der Waals surface area contributed by atoms with Gasteiger partial charge in [-0.25, -0.2) is 4.98 Å². The minimum absolute atomic E-state index is 0.0800. The number of nitrogens with zero attached hydrogens (tertiary/aromatic N) is 2. The molecule has 0 aliphatic heterocycles. The van der Waals surface area contributed by atoms with E-state index in [9.17, 15) is 9.59 Å². The Morgan fingerprint density at radius 2 is 1.78 bits per heavy atom. The van der Waals surface area contributed by atoms with Crippen LogP contribution in [0.4, 0.5) is 5.69 Å². The van der Waals surface area contributed by atoms with Crippen molar-refractivity contribution in [1.29, 1.82) is 0 Å². The van der Waals surface area contributed by atoms with E-state index in [1.807, 2.05) is 42.1 Å². The van der Waals surface area contributed by atoms with Gasteiger partial charge in [0.25, 0.3) is 0 Å². The number of anilines is 1. The van der Waals surface area contributed by atoms with Crippen molar-refractivity contribution in [2.75, 3.05) is 5.32 Å².